The Bertz CT molecular complexity index is 209. The van der Waals surface area contributed by atoms with Crippen molar-refractivity contribution in [3.8, 4) is 0 Å². The minimum absolute atomic E-state index is 0.661. The van der Waals surface area contributed by atoms with Gasteiger partial charge in [0, 0.05) is 5.88 Å². The third kappa shape index (κ3) is 5.10. The highest BCUT2D eigenvalue weighted by atomic mass is 35.5. The summed E-state index contributed by atoms with van der Waals surface area (Å²) in [7, 11) is -6.72. The van der Waals surface area contributed by atoms with E-state index in [2.05, 4.69) is 19.6 Å². The van der Waals surface area contributed by atoms with Crippen molar-refractivity contribution in [2.24, 2.45) is 0 Å². The van der Waals surface area contributed by atoms with Crippen LogP contribution >= 0.6 is 11.6 Å². The van der Waals surface area contributed by atoms with E-state index in [1.165, 1.54) is 0 Å². The Morgan fingerprint density at radius 1 is 1.00 bits per heavy atom. The van der Waals surface area contributed by atoms with Crippen LogP contribution in [0.4, 0.5) is 0 Å². The smallest absolute Gasteiger partial charge is 0.317 e. The van der Waals surface area contributed by atoms with Crippen molar-refractivity contribution >= 4 is 48.0 Å². The maximum absolute atomic E-state index is 6.09. The van der Waals surface area contributed by atoms with Crippen molar-refractivity contribution < 1.29 is 16.5 Å². The van der Waals surface area contributed by atoms with Gasteiger partial charge in [-0.15, -0.1) is 11.6 Å². The molecule has 16 heavy (non-hydrogen) atoms. The van der Waals surface area contributed by atoms with Crippen LogP contribution in [0.15, 0.2) is 0 Å². The van der Waals surface area contributed by atoms with Crippen molar-refractivity contribution in [3.63, 3.8) is 0 Å². The molecule has 1 fully saturated rings. The van der Waals surface area contributed by atoms with Gasteiger partial charge in [0.2, 0.25) is 0 Å². The third-order valence-electron chi connectivity index (χ3n) is 2.36. The van der Waals surface area contributed by atoms with Crippen molar-refractivity contribution in [2.45, 2.75) is 38.7 Å². The van der Waals surface area contributed by atoms with Crippen LogP contribution in [0, 0.1) is 0 Å². The van der Waals surface area contributed by atoms with Crippen LogP contribution in [0.5, 0.6) is 0 Å². The third-order valence-corrected chi connectivity index (χ3v) is 16.7. The first kappa shape index (κ1) is 15.1. The summed E-state index contributed by atoms with van der Waals surface area (Å²) in [5.41, 5.74) is 0. The summed E-state index contributed by atoms with van der Waals surface area (Å²) in [6, 6.07) is 0.938. The van der Waals surface area contributed by atoms with Gasteiger partial charge in [-0.3, -0.25) is 0 Å². The molecule has 0 N–H and O–H groups in total. The molecule has 0 spiro atoms. The minimum atomic E-state index is -2.08. The fourth-order valence-corrected chi connectivity index (χ4v) is 16.9. The lowest BCUT2D eigenvalue weighted by Gasteiger charge is -2.37. The number of hydrogen-bond donors (Lipinski definition) is 0. The highest BCUT2D eigenvalue weighted by molar-refractivity contribution is 6.81. The summed E-state index contributed by atoms with van der Waals surface area (Å²) in [5.74, 6) is 0.661. The molecule has 96 valence electrons. The molecule has 0 radical (unpaired) electrons. The van der Waals surface area contributed by atoms with Crippen LogP contribution < -0.4 is 0 Å². The second-order valence-electron chi connectivity index (χ2n) is 4.14. The largest absolute Gasteiger partial charge is 0.420 e. The molecule has 9 heteroatoms. The molecule has 0 amide bonds. The van der Waals surface area contributed by atoms with Crippen LogP contribution in [0.1, 0.15) is 6.42 Å². The van der Waals surface area contributed by atoms with E-state index >= 15 is 0 Å². The maximum atomic E-state index is 6.09. The number of hydrogen-bond acceptors (Lipinski definition) is 4. The highest BCUT2D eigenvalue weighted by Gasteiger charge is 2.38. The molecule has 1 heterocycles. The molecule has 0 saturated carbocycles. The quantitative estimate of drug-likeness (QED) is 0.581. The first-order valence-electron chi connectivity index (χ1n) is 5.68. The average Bonchev–Trinajstić information content (AvgIpc) is 2.11. The van der Waals surface area contributed by atoms with Gasteiger partial charge >= 0.3 is 8.56 Å². The molecule has 0 bridgehead atoms. The van der Waals surface area contributed by atoms with Gasteiger partial charge in [-0.2, -0.15) is 0 Å². The van der Waals surface area contributed by atoms with Crippen LogP contribution in [-0.2, 0) is 16.5 Å². The standard InChI is InChI=1S/C7H21ClO4Si4/c1-13-9-14(2)11-16(4,7-5-6-8)12-15(3)10-13/h13-15H,5-7H2,1-4H3. The summed E-state index contributed by atoms with van der Waals surface area (Å²) in [6.07, 6.45) is 0.944. The molecule has 2 atom stereocenters. The fraction of sp³-hybridized carbons (Fsp3) is 1.00. The highest BCUT2D eigenvalue weighted by Crippen LogP contribution is 2.21. The molecule has 0 aromatic rings. The van der Waals surface area contributed by atoms with E-state index in [-0.39, 0.29) is 0 Å². The van der Waals surface area contributed by atoms with Gasteiger partial charge in [-0.05, 0) is 38.7 Å². The van der Waals surface area contributed by atoms with Crippen LogP contribution in [0.25, 0.3) is 0 Å². The summed E-state index contributed by atoms with van der Waals surface area (Å²) in [4.78, 5) is 0. The molecule has 2 unspecified atom stereocenters. The van der Waals surface area contributed by atoms with E-state index in [0.29, 0.717) is 5.88 Å². The molecule has 1 rings (SSSR count). The number of rotatable bonds is 3. The van der Waals surface area contributed by atoms with Crippen LogP contribution in [0.3, 0.4) is 0 Å². The summed E-state index contributed by atoms with van der Waals surface area (Å²) in [5, 5.41) is 0. The number of alkyl halides is 1. The predicted molar refractivity (Wildman–Crippen MR) is 75.1 cm³/mol. The van der Waals surface area contributed by atoms with E-state index < -0.39 is 36.4 Å². The zero-order valence-corrected chi connectivity index (χ0v) is 15.6. The van der Waals surface area contributed by atoms with E-state index in [1.807, 2.05) is 6.55 Å². The van der Waals surface area contributed by atoms with E-state index in [0.717, 1.165) is 12.5 Å². The Labute approximate surface area is 109 Å². The molecular weight excluding hydrogens is 296 g/mol. The molecule has 0 aliphatic carbocycles. The second kappa shape index (κ2) is 6.80. The zero-order chi connectivity index (χ0) is 12.2. The van der Waals surface area contributed by atoms with Crippen molar-refractivity contribution in [3.05, 3.63) is 0 Å². The molecule has 1 aliphatic rings. The first-order chi connectivity index (χ1) is 7.45. The van der Waals surface area contributed by atoms with Gasteiger partial charge in [-0.25, -0.2) is 0 Å². The summed E-state index contributed by atoms with van der Waals surface area (Å²) in [6.45, 7) is 8.26. The maximum Gasteiger partial charge on any atom is 0.317 e. The van der Waals surface area contributed by atoms with Crippen molar-refractivity contribution in [1.29, 1.82) is 0 Å². The lowest BCUT2D eigenvalue weighted by atomic mass is 10.6. The minimum Gasteiger partial charge on any atom is -0.420 e. The molecule has 0 aromatic carbocycles. The second-order valence-corrected chi connectivity index (χ2v) is 14.8. The van der Waals surface area contributed by atoms with Crippen LogP contribution in [-0.4, -0.2) is 42.3 Å². The van der Waals surface area contributed by atoms with Crippen molar-refractivity contribution in [1.82, 2.24) is 0 Å². The Balaban J connectivity index is 2.61. The topological polar surface area (TPSA) is 36.9 Å². The molecular formula is C7H21ClO4Si4. The molecule has 4 nitrogen and oxygen atoms in total. The molecule has 0 aromatic heterocycles. The molecule has 1 aliphatic heterocycles. The Morgan fingerprint density at radius 2 is 1.50 bits per heavy atom. The van der Waals surface area contributed by atoms with Gasteiger partial charge < -0.3 is 16.5 Å². The van der Waals surface area contributed by atoms with Crippen LogP contribution in [0.2, 0.25) is 32.2 Å². The fourth-order valence-electron chi connectivity index (χ4n) is 1.86. The van der Waals surface area contributed by atoms with Gasteiger partial charge in [-0.1, -0.05) is 0 Å². The normalized spacial score (nSPS) is 41.4. The Hall–Kier alpha value is 0.998. The summed E-state index contributed by atoms with van der Waals surface area (Å²) < 4.78 is 23.8. The Morgan fingerprint density at radius 3 is 1.94 bits per heavy atom. The van der Waals surface area contributed by atoms with Crippen molar-refractivity contribution in [2.75, 3.05) is 5.88 Å². The van der Waals surface area contributed by atoms with Gasteiger partial charge in [0.1, 0.15) is 0 Å². The monoisotopic (exact) mass is 316 g/mol. The SMILES string of the molecule is C[SiH]1O[SiH](C)O[Si](C)(CCCCl)O[SiH](C)O1. The summed E-state index contributed by atoms with van der Waals surface area (Å²) >= 11 is 5.73. The van der Waals surface area contributed by atoms with E-state index in [9.17, 15) is 0 Å². The lowest BCUT2D eigenvalue weighted by molar-refractivity contribution is 0.274. The first-order valence-corrected chi connectivity index (χ1v) is 15.0. The predicted octanol–water partition coefficient (Wildman–Crippen LogP) is 1.32. The van der Waals surface area contributed by atoms with Gasteiger partial charge in [0.25, 0.3) is 27.9 Å². The average molecular weight is 317 g/mol. The lowest BCUT2D eigenvalue weighted by Crippen LogP contribution is -2.53. The zero-order valence-electron chi connectivity index (χ0n) is 10.4. The molecule has 1 saturated heterocycles. The van der Waals surface area contributed by atoms with Gasteiger partial charge in [0.15, 0.2) is 0 Å². The van der Waals surface area contributed by atoms with E-state index in [1.54, 1.807) is 0 Å². The Kier molecular flexibility index (Phi) is 6.40. The number of halogens is 1. The van der Waals surface area contributed by atoms with Gasteiger partial charge in [0.05, 0.1) is 0 Å². The van der Waals surface area contributed by atoms with E-state index in [4.69, 9.17) is 28.1 Å².